The van der Waals surface area contributed by atoms with Gasteiger partial charge in [-0.2, -0.15) is 0 Å². The Morgan fingerprint density at radius 1 is 1.06 bits per heavy atom. The third-order valence-electron chi connectivity index (χ3n) is 2.13. The van der Waals surface area contributed by atoms with Gasteiger partial charge in [-0.1, -0.05) is 49.9 Å². The van der Waals surface area contributed by atoms with Crippen molar-refractivity contribution in [1.82, 2.24) is 0 Å². The summed E-state index contributed by atoms with van der Waals surface area (Å²) >= 11 is 1.73. The molecule has 0 saturated carbocycles. The van der Waals surface area contributed by atoms with E-state index in [1.165, 1.54) is 10.6 Å². The Balaban J connectivity index is 0.000000457. The van der Waals surface area contributed by atoms with Gasteiger partial charge in [-0.05, 0) is 24.3 Å². The van der Waals surface area contributed by atoms with Crippen molar-refractivity contribution in [2.45, 2.75) is 23.6 Å². The lowest BCUT2D eigenvalue weighted by Crippen LogP contribution is -1.97. The molecule has 0 saturated heterocycles. The zero-order valence-corrected chi connectivity index (χ0v) is 10.2. The number of fused-ring (bicyclic) bond motifs is 2. The SMILES string of the molecule is CC.c1ccc2c(c#1)Sc1ccccc1N2. The molecule has 2 aromatic rings. The minimum atomic E-state index is 1.12. The average molecular weight is 227 g/mol. The first-order chi connectivity index (χ1) is 7.93. The molecule has 16 heavy (non-hydrogen) atoms. The van der Waals surface area contributed by atoms with E-state index in [1.807, 2.05) is 38.1 Å². The van der Waals surface area contributed by atoms with Crippen LogP contribution in [0.1, 0.15) is 13.8 Å². The van der Waals surface area contributed by atoms with E-state index < -0.39 is 0 Å². The fraction of sp³-hybridized carbons (Fsp3) is 0.143. The number of rotatable bonds is 0. The second-order valence-corrected chi connectivity index (χ2v) is 4.12. The molecule has 0 radical (unpaired) electrons. The van der Waals surface area contributed by atoms with Gasteiger partial charge in [0, 0.05) is 4.90 Å². The fourth-order valence-electron chi connectivity index (χ4n) is 1.47. The van der Waals surface area contributed by atoms with Gasteiger partial charge in [0.2, 0.25) is 0 Å². The Morgan fingerprint density at radius 2 is 1.88 bits per heavy atom. The summed E-state index contributed by atoms with van der Waals surface area (Å²) in [6, 6.07) is 18.2. The minimum absolute atomic E-state index is 1.12. The number of anilines is 2. The summed E-state index contributed by atoms with van der Waals surface area (Å²) < 4.78 is 0. The van der Waals surface area contributed by atoms with Crippen LogP contribution in [0.5, 0.6) is 0 Å². The first-order valence-electron chi connectivity index (χ1n) is 5.40. The van der Waals surface area contributed by atoms with Crippen LogP contribution in [0, 0.1) is 12.1 Å². The lowest BCUT2D eigenvalue weighted by molar-refractivity contribution is 1.32. The Labute approximate surface area is 101 Å². The molecule has 80 valence electrons. The van der Waals surface area contributed by atoms with Gasteiger partial charge >= 0.3 is 0 Å². The maximum Gasteiger partial charge on any atom is 0.0861 e. The molecule has 0 aromatic heterocycles. The van der Waals surface area contributed by atoms with Gasteiger partial charge in [-0.25, -0.2) is 0 Å². The van der Waals surface area contributed by atoms with Crippen LogP contribution < -0.4 is 5.32 Å². The minimum Gasteiger partial charge on any atom is -0.353 e. The maximum absolute atomic E-state index is 3.37. The van der Waals surface area contributed by atoms with Gasteiger partial charge in [-0.3, -0.25) is 0 Å². The van der Waals surface area contributed by atoms with Gasteiger partial charge in [0.05, 0.1) is 16.3 Å². The molecule has 0 atom stereocenters. The zero-order valence-electron chi connectivity index (χ0n) is 9.37. The van der Waals surface area contributed by atoms with Crippen molar-refractivity contribution in [2.75, 3.05) is 5.32 Å². The van der Waals surface area contributed by atoms with Crippen LogP contribution in [-0.2, 0) is 0 Å². The topological polar surface area (TPSA) is 12.0 Å². The van der Waals surface area contributed by atoms with E-state index in [1.54, 1.807) is 11.8 Å². The van der Waals surface area contributed by atoms with Crippen LogP contribution in [-0.4, -0.2) is 0 Å². The quantitative estimate of drug-likeness (QED) is 0.606. The summed E-state index contributed by atoms with van der Waals surface area (Å²) in [6.45, 7) is 4.00. The summed E-state index contributed by atoms with van der Waals surface area (Å²) in [6.07, 6.45) is 0. The van der Waals surface area contributed by atoms with Crippen LogP contribution in [0.4, 0.5) is 11.4 Å². The van der Waals surface area contributed by atoms with Crippen molar-refractivity contribution < 1.29 is 0 Å². The average Bonchev–Trinajstić information content (AvgIpc) is 2.38. The van der Waals surface area contributed by atoms with E-state index in [2.05, 4.69) is 29.6 Å². The summed E-state index contributed by atoms with van der Waals surface area (Å²) in [5, 5.41) is 3.37. The van der Waals surface area contributed by atoms with Gasteiger partial charge in [0.15, 0.2) is 0 Å². The molecule has 0 bridgehead atoms. The van der Waals surface area contributed by atoms with Crippen molar-refractivity contribution in [3.63, 3.8) is 0 Å². The van der Waals surface area contributed by atoms with Crippen LogP contribution in [0.3, 0.4) is 0 Å². The second kappa shape index (κ2) is 4.96. The van der Waals surface area contributed by atoms with E-state index in [9.17, 15) is 0 Å². The molecule has 1 aliphatic rings. The van der Waals surface area contributed by atoms with Crippen LogP contribution in [0.15, 0.2) is 46.2 Å². The molecule has 0 aliphatic carbocycles. The fourth-order valence-corrected chi connectivity index (χ4v) is 2.40. The predicted molar refractivity (Wildman–Crippen MR) is 69.3 cm³/mol. The molecule has 2 heteroatoms. The van der Waals surface area contributed by atoms with Crippen molar-refractivity contribution >= 4 is 23.1 Å². The van der Waals surface area contributed by atoms with E-state index in [-0.39, 0.29) is 0 Å². The highest BCUT2D eigenvalue weighted by Crippen LogP contribution is 2.42. The predicted octanol–water partition coefficient (Wildman–Crippen LogP) is 4.52. The molecule has 0 fully saturated rings. The maximum atomic E-state index is 3.37. The highest BCUT2D eigenvalue weighted by atomic mass is 32.2. The van der Waals surface area contributed by atoms with Crippen molar-refractivity contribution in [2.24, 2.45) is 0 Å². The number of benzene rings is 1. The van der Waals surface area contributed by atoms with E-state index in [0.717, 1.165) is 10.6 Å². The normalized spacial score (nSPS) is 10.9. The second-order valence-electron chi connectivity index (χ2n) is 3.07. The van der Waals surface area contributed by atoms with Crippen LogP contribution in [0.25, 0.3) is 0 Å². The summed E-state index contributed by atoms with van der Waals surface area (Å²) in [7, 11) is 0. The highest BCUT2D eigenvalue weighted by Gasteiger charge is 2.13. The molecular weight excluding hydrogens is 214 g/mol. The lowest BCUT2D eigenvalue weighted by Gasteiger charge is -2.18. The largest absolute Gasteiger partial charge is 0.353 e. The van der Waals surface area contributed by atoms with Gasteiger partial charge in [-0.15, -0.1) is 0 Å². The number of hydrogen-bond donors (Lipinski definition) is 1. The van der Waals surface area contributed by atoms with E-state index in [0.29, 0.717) is 0 Å². The summed E-state index contributed by atoms with van der Waals surface area (Å²) in [5.74, 6) is 0. The molecule has 1 N–H and O–H groups in total. The van der Waals surface area contributed by atoms with E-state index in [4.69, 9.17) is 0 Å². The monoisotopic (exact) mass is 227 g/mol. The highest BCUT2D eigenvalue weighted by molar-refractivity contribution is 7.99. The van der Waals surface area contributed by atoms with Crippen LogP contribution in [0.2, 0.25) is 0 Å². The van der Waals surface area contributed by atoms with Gasteiger partial charge in [0.1, 0.15) is 0 Å². The van der Waals surface area contributed by atoms with Crippen molar-refractivity contribution in [1.29, 1.82) is 0 Å². The first kappa shape index (κ1) is 10.9. The number of nitrogens with one attached hydrogen (secondary N) is 1. The summed E-state index contributed by atoms with van der Waals surface area (Å²) in [5.41, 5.74) is 2.29. The molecule has 1 heterocycles. The Bertz CT molecular complexity index is 392. The van der Waals surface area contributed by atoms with Gasteiger partial charge < -0.3 is 5.32 Å². The third-order valence-corrected chi connectivity index (χ3v) is 3.23. The number of hydrogen-bond acceptors (Lipinski definition) is 2. The van der Waals surface area contributed by atoms with Crippen LogP contribution >= 0.6 is 11.8 Å². The van der Waals surface area contributed by atoms with Crippen molar-refractivity contribution in [3.8, 4) is 0 Å². The zero-order chi connectivity index (χ0) is 11.4. The standard InChI is InChI=1S/C12H7NS.C2H6/c1-3-7-11-9(5-1)13-10-6-2-4-8-12(10)14-11;1-2/h1-3,5-7,13H;1-2H3. The van der Waals surface area contributed by atoms with E-state index >= 15 is 0 Å². The molecule has 1 nitrogen and oxygen atoms in total. The Morgan fingerprint density at radius 3 is 2.75 bits per heavy atom. The molecular formula is C14H13NS. The molecule has 0 unspecified atom stereocenters. The Kier molecular flexibility index (Phi) is 3.38. The first-order valence-corrected chi connectivity index (χ1v) is 6.21. The molecule has 3 rings (SSSR count). The number of para-hydroxylation sites is 1. The molecule has 0 amide bonds. The third kappa shape index (κ3) is 2.00. The summed E-state index contributed by atoms with van der Waals surface area (Å²) in [4.78, 5) is 2.36. The van der Waals surface area contributed by atoms with Gasteiger partial charge in [0.25, 0.3) is 0 Å². The molecule has 1 aliphatic heterocycles. The smallest absolute Gasteiger partial charge is 0.0861 e. The Hall–Kier alpha value is -1.59. The molecule has 2 aromatic carbocycles. The van der Waals surface area contributed by atoms with Crippen molar-refractivity contribution in [3.05, 3.63) is 48.5 Å². The molecule has 0 spiro atoms. The lowest BCUT2D eigenvalue weighted by atomic mass is 10.3.